The summed E-state index contributed by atoms with van der Waals surface area (Å²) in [5.74, 6) is 1.60. The van der Waals surface area contributed by atoms with E-state index in [2.05, 4.69) is 4.99 Å². The number of hydrogen-bond acceptors (Lipinski definition) is 6. The van der Waals surface area contributed by atoms with E-state index in [1.807, 2.05) is 30.5 Å². The quantitative estimate of drug-likeness (QED) is 0.611. The molecule has 8 heteroatoms. The van der Waals surface area contributed by atoms with E-state index in [1.165, 1.54) is 32.7 Å². The summed E-state index contributed by atoms with van der Waals surface area (Å²) in [6.07, 6.45) is 0. The molecule has 0 bridgehead atoms. The first-order valence-corrected chi connectivity index (χ1v) is 9.86. The van der Waals surface area contributed by atoms with Crippen molar-refractivity contribution in [1.82, 2.24) is 4.57 Å². The van der Waals surface area contributed by atoms with E-state index < -0.39 is 5.91 Å². The Balaban J connectivity index is 2.20. The number of carbonyl (C=O) groups is 1. The highest BCUT2D eigenvalue weighted by Crippen LogP contribution is 2.38. The van der Waals surface area contributed by atoms with Crippen LogP contribution in [0.3, 0.4) is 0 Å². The maximum atomic E-state index is 13.0. The highest BCUT2D eigenvalue weighted by molar-refractivity contribution is 7.16. The Morgan fingerprint density at radius 3 is 2.14 bits per heavy atom. The third kappa shape index (κ3) is 3.67. The van der Waals surface area contributed by atoms with E-state index in [9.17, 15) is 4.79 Å². The third-order valence-electron chi connectivity index (χ3n) is 4.63. The van der Waals surface area contributed by atoms with Crippen LogP contribution < -0.4 is 23.7 Å². The lowest BCUT2D eigenvalue weighted by molar-refractivity contribution is 0.0997. The molecule has 0 aliphatic carbocycles. The first-order chi connectivity index (χ1) is 14.0. The van der Waals surface area contributed by atoms with Crippen molar-refractivity contribution in [1.29, 1.82) is 0 Å². The van der Waals surface area contributed by atoms with Crippen molar-refractivity contribution < 1.29 is 23.7 Å². The highest BCUT2D eigenvalue weighted by Gasteiger charge is 2.18. The fourth-order valence-corrected chi connectivity index (χ4v) is 4.36. The summed E-state index contributed by atoms with van der Waals surface area (Å²) in [4.78, 5) is 18.0. The predicted molar refractivity (Wildman–Crippen MR) is 113 cm³/mol. The number of carbonyl (C=O) groups excluding carboxylic acids is 1. The molecule has 0 spiro atoms. The Morgan fingerprint density at radius 2 is 1.62 bits per heavy atom. The number of benzene rings is 2. The molecule has 0 N–H and O–H groups in total. The number of amides is 1. The molecule has 3 aromatic rings. The van der Waals surface area contributed by atoms with Crippen molar-refractivity contribution in [2.75, 3.05) is 28.4 Å². The molecule has 7 nitrogen and oxygen atoms in total. The van der Waals surface area contributed by atoms with Crippen LogP contribution in [-0.2, 0) is 6.54 Å². The lowest BCUT2D eigenvalue weighted by Crippen LogP contribution is -2.16. The maximum absolute atomic E-state index is 13.0. The summed E-state index contributed by atoms with van der Waals surface area (Å²) in [5.41, 5.74) is 2.40. The molecular formula is C21H24N2O5S. The van der Waals surface area contributed by atoms with E-state index >= 15 is 0 Å². The van der Waals surface area contributed by atoms with Gasteiger partial charge in [-0.3, -0.25) is 4.79 Å². The summed E-state index contributed by atoms with van der Waals surface area (Å²) in [7, 11) is 6.17. The number of aromatic nitrogens is 1. The van der Waals surface area contributed by atoms with Gasteiger partial charge >= 0.3 is 0 Å². The molecular weight excluding hydrogens is 392 g/mol. The lowest BCUT2D eigenvalue weighted by atomic mass is 10.1. The second kappa shape index (κ2) is 8.57. The molecule has 1 heterocycles. The van der Waals surface area contributed by atoms with Crippen LogP contribution in [-0.4, -0.2) is 38.9 Å². The van der Waals surface area contributed by atoms with Gasteiger partial charge in [-0.2, -0.15) is 4.99 Å². The number of methoxy groups -OCH3 is 4. The number of ether oxygens (including phenoxy) is 4. The van der Waals surface area contributed by atoms with Gasteiger partial charge < -0.3 is 23.5 Å². The van der Waals surface area contributed by atoms with Gasteiger partial charge in [0.1, 0.15) is 11.3 Å². The zero-order valence-corrected chi connectivity index (χ0v) is 18.2. The number of hydrogen-bond donors (Lipinski definition) is 0. The third-order valence-corrected chi connectivity index (χ3v) is 5.84. The van der Waals surface area contributed by atoms with Crippen molar-refractivity contribution in [2.24, 2.45) is 4.99 Å². The Kier molecular flexibility index (Phi) is 6.12. The number of rotatable bonds is 6. The van der Waals surface area contributed by atoms with E-state index in [4.69, 9.17) is 18.9 Å². The van der Waals surface area contributed by atoms with E-state index in [0.29, 0.717) is 34.2 Å². The average Bonchev–Trinajstić information content (AvgIpc) is 3.11. The fourth-order valence-electron chi connectivity index (χ4n) is 3.18. The largest absolute Gasteiger partial charge is 0.495 e. The van der Waals surface area contributed by atoms with Crippen molar-refractivity contribution >= 4 is 27.5 Å². The molecule has 0 radical (unpaired) electrons. The number of aryl methyl sites for hydroxylation is 2. The Labute approximate surface area is 173 Å². The maximum Gasteiger partial charge on any atom is 0.279 e. The van der Waals surface area contributed by atoms with Crippen LogP contribution in [0.15, 0.2) is 29.3 Å². The smallest absolute Gasteiger partial charge is 0.279 e. The molecule has 1 aromatic heterocycles. The molecule has 154 valence electrons. The molecule has 0 aliphatic heterocycles. The van der Waals surface area contributed by atoms with Crippen LogP contribution in [0.4, 0.5) is 0 Å². The van der Waals surface area contributed by atoms with E-state index in [1.54, 1.807) is 19.2 Å². The lowest BCUT2D eigenvalue weighted by Gasteiger charge is -2.12. The second-order valence-electron chi connectivity index (χ2n) is 6.22. The highest BCUT2D eigenvalue weighted by atomic mass is 32.1. The minimum absolute atomic E-state index is 0.350. The minimum Gasteiger partial charge on any atom is -0.495 e. The van der Waals surface area contributed by atoms with Gasteiger partial charge in [-0.1, -0.05) is 17.4 Å². The van der Waals surface area contributed by atoms with Gasteiger partial charge in [0.2, 0.25) is 5.75 Å². The molecule has 0 aliphatic rings. The van der Waals surface area contributed by atoms with Crippen LogP contribution in [0.1, 0.15) is 22.8 Å². The molecule has 29 heavy (non-hydrogen) atoms. The molecule has 0 fully saturated rings. The van der Waals surface area contributed by atoms with Gasteiger partial charge in [-0.05, 0) is 37.6 Å². The number of thiazole rings is 1. The molecule has 2 aromatic carbocycles. The van der Waals surface area contributed by atoms with Gasteiger partial charge in [0.25, 0.3) is 5.91 Å². The van der Waals surface area contributed by atoms with Crippen molar-refractivity contribution in [3.63, 3.8) is 0 Å². The van der Waals surface area contributed by atoms with Gasteiger partial charge in [-0.25, -0.2) is 0 Å². The van der Waals surface area contributed by atoms with Crippen LogP contribution >= 0.6 is 11.3 Å². The number of nitrogens with zero attached hydrogens (tertiary/aromatic N) is 2. The summed E-state index contributed by atoms with van der Waals surface area (Å²) >= 11 is 1.46. The van der Waals surface area contributed by atoms with E-state index in [-0.39, 0.29) is 0 Å². The number of fused-ring (bicyclic) bond motifs is 1. The van der Waals surface area contributed by atoms with Crippen molar-refractivity contribution in [3.05, 3.63) is 40.2 Å². The molecule has 3 rings (SSSR count). The monoisotopic (exact) mass is 416 g/mol. The minimum atomic E-state index is -0.394. The van der Waals surface area contributed by atoms with Crippen molar-refractivity contribution in [2.45, 2.75) is 20.4 Å². The molecule has 0 unspecified atom stereocenters. The standard InChI is InChI=1S/C21H24N2O5S/c1-7-23-17-14(25-3)9-8-12(2)19(17)29-21(23)22-20(24)13-10-15(26-4)18(28-6)16(11-13)27-5/h8-11H,7H2,1-6H3. The SMILES string of the molecule is CCn1c(=NC(=O)c2cc(OC)c(OC)c(OC)c2)sc2c(C)ccc(OC)c21. The predicted octanol–water partition coefficient (Wildman–Crippen LogP) is 3.81. The average molecular weight is 416 g/mol. The summed E-state index contributed by atoms with van der Waals surface area (Å²) in [6.45, 7) is 4.70. The fraction of sp³-hybridized carbons (Fsp3) is 0.333. The first-order valence-electron chi connectivity index (χ1n) is 9.05. The first kappa shape index (κ1) is 20.7. The molecule has 0 saturated heterocycles. The van der Waals surface area contributed by atoms with Gasteiger partial charge in [0, 0.05) is 12.1 Å². The van der Waals surface area contributed by atoms with Crippen LogP contribution in [0, 0.1) is 6.92 Å². The zero-order valence-electron chi connectivity index (χ0n) is 17.4. The Morgan fingerprint density at radius 1 is 1.00 bits per heavy atom. The normalized spacial score (nSPS) is 11.6. The van der Waals surface area contributed by atoms with Crippen molar-refractivity contribution in [3.8, 4) is 23.0 Å². The molecule has 0 atom stereocenters. The van der Waals surface area contributed by atoms with Gasteiger partial charge in [0.05, 0.1) is 33.1 Å². The van der Waals surface area contributed by atoms with Crippen LogP contribution in [0.2, 0.25) is 0 Å². The van der Waals surface area contributed by atoms with Crippen LogP contribution in [0.5, 0.6) is 23.0 Å². The molecule has 1 amide bonds. The van der Waals surface area contributed by atoms with Crippen LogP contribution in [0.25, 0.3) is 10.2 Å². The topological polar surface area (TPSA) is 71.3 Å². The second-order valence-corrected chi connectivity index (χ2v) is 7.20. The van der Waals surface area contributed by atoms with Gasteiger partial charge in [-0.15, -0.1) is 0 Å². The Hall–Kier alpha value is -3.00. The van der Waals surface area contributed by atoms with Gasteiger partial charge in [0.15, 0.2) is 16.3 Å². The summed E-state index contributed by atoms with van der Waals surface area (Å²) < 4.78 is 24.6. The Bertz CT molecular complexity index is 1110. The summed E-state index contributed by atoms with van der Waals surface area (Å²) in [5, 5.41) is 0. The van der Waals surface area contributed by atoms with E-state index in [0.717, 1.165) is 21.5 Å². The molecule has 0 saturated carbocycles. The summed E-state index contributed by atoms with van der Waals surface area (Å²) in [6, 6.07) is 7.13. The zero-order chi connectivity index (χ0) is 21.1.